The van der Waals surface area contributed by atoms with E-state index in [1.54, 1.807) is 0 Å². The fraction of sp³-hybridized carbons (Fsp3) is 0.571. The zero-order valence-corrected chi connectivity index (χ0v) is 10.1. The van der Waals surface area contributed by atoms with Crippen LogP contribution in [-0.4, -0.2) is 12.6 Å². The molecule has 1 aromatic carbocycles. The van der Waals surface area contributed by atoms with Gasteiger partial charge in [-0.3, -0.25) is 0 Å². The first kappa shape index (κ1) is 11.5. The van der Waals surface area contributed by atoms with E-state index in [0.717, 1.165) is 13.0 Å². The van der Waals surface area contributed by atoms with E-state index >= 15 is 0 Å². The zero-order valence-electron chi connectivity index (χ0n) is 10.1. The lowest BCUT2D eigenvalue weighted by Gasteiger charge is -2.20. The van der Waals surface area contributed by atoms with Gasteiger partial charge in [0.05, 0.1) is 0 Å². The molecule has 2 atom stereocenters. The van der Waals surface area contributed by atoms with E-state index in [1.807, 2.05) is 0 Å². The summed E-state index contributed by atoms with van der Waals surface area (Å²) in [6, 6.07) is 9.36. The van der Waals surface area contributed by atoms with E-state index in [-0.39, 0.29) is 0 Å². The molecule has 0 heterocycles. The van der Waals surface area contributed by atoms with Crippen molar-refractivity contribution in [1.29, 1.82) is 0 Å². The Balaban J connectivity index is 1.97. The first-order valence-electron chi connectivity index (χ1n) is 6.39. The van der Waals surface area contributed by atoms with Gasteiger partial charge in [0.1, 0.15) is 0 Å². The van der Waals surface area contributed by atoms with Gasteiger partial charge >= 0.3 is 0 Å². The molecule has 1 aliphatic carbocycles. The summed E-state index contributed by atoms with van der Waals surface area (Å²) >= 11 is 0. The third kappa shape index (κ3) is 2.56. The Morgan fingerprint density at radius 3 is 2.62 bits per heavy atom. The number of rotatable bonds is 4. The van der Waals surface area contributed by atoms with Crippen LogP contribution in [0.2, 0.25) is 0 Å². The number of hydrogen-bond donors (Lipinski definition) is 2. The number of hydrogen-bond acceptors (Lipinski definition) is 2. The van der Waals surface area contributed by atoms with E-state index in [2.05, 4.69) is 36.5 Å². The average Bonchev–Trinajstić information content (AvgIpc) is 2.77. The lowest BCUT2D eigenvalue weighted by molar-refractivity contribution is 0.516. The lowest BCUT2D eigenvalue weighted by Crippen LogP contribution is -2.29. The Labute approximate surface area is 98.2 Å². The summed E-state index contributed by atoms with van der Waals surface area (Å²) in [5, 5.41) is 3.61. The Hall–Kier alpha value is -1.02. The summed E-state index contributed by atoms with van der Waals surface area (Å²) in [6.07, 6.45) is 4.96. The quantitative estimate of drug-likeness (QED) is 0.815. The highest BCUT2D eigenvalue weighted by Crippen LogP contribution is 2.27. The molecular formula is C14H22N2. The minimum atomic E-state index is 0.581. The molecule has 0 spiro atoms. The second-order valence-electron chi connectivity index (χ2n) is 4.73. The minimum Gasteiger partial charge on any atom is -0.382 e. The molecule has 0 bridgehead atoms. The normalized spacial score (nSPS) is 24.6. The van der Waals surface area contributed by atoms with Crippen LogP contribution in [0.15, 0.2) is 24.3 Å². The van der Waals surface area contributed by atoms with Gasteiger partial charge in [0, 0.05) is 11.7 Å². The van der Waals surface area contributed by atoms with Crippen LogP contribution in [0.4, 0.5) is 5.69 Å². The fourth-order valence-electron chi connectivity index (χ4n) is 2.56. The molecule has 0 amide bonds. The minimum absolute atomic E-state index is 0.581. The van der Waals surface area contributed by atoms with Crippen molar-refractivity contribution in [2.45, 2.75) is 38.6 Å². The van der Waals surface area contributed by atoms with Crippen molar-refractivity contribution < 1.29 is 0 Å². The van der Waals surface area contributed by atoms with Gasteiger partial charge < -0.3 is 11.1 Å². The standard InChI is InChI=1S/C14H22N2/c1-2-11-6-8-13(9-7-11)16-14-5-3-4-12(14)10-15/h6-9,12,14,16H,2-5,10,15H2,1H3. The first-order chi connectivity index (χ1) is 7.83. The molecule has 1 fully saturated rings. The van der Waals surface area contributed by atoms with Crippen LogP contribution in [0.5, 0.6) is 0 Å². The molecule has 0 saturated heterocycles. The van der Waals surface area contributed by atoms with Crippen LogP contribution < -0.4 is 11.1 Å². The molecule has 1 saturated carbocycles. The van der Waals surface area contributed by atoms with Crippen LogP contribution in [0.1, 0.15) is 31.7 Å². The van der Waals surface area contributed by atoms with Crippen molar-refractivity contribution in [2.75, 3.05) is 11.9 Å². The van der Waals surface area contributed by atoms with Crippen LogP contribution >= 0.6 is 0 Å². The van der Waals surface area contributed by atoms with Crippen LogP contribution in [-0.2, 0) is 6.42 Å². The molecule has 2 unspecified atom stereocenters. The van der Waals surface area contributed by atoms with Crippen molar-refractivity contribution in [3.05, 3.63) is 29.8 Å². The number of nitrogens with two attached hydrogens (primary N) is 1. The summed E-state index contributed by atoms with van der Waals surface area (Å²) in [7, 11) is 0. The Morgan fingerprint density at radius 2 is 2.00 bits per heavy atom. The smallest absolute Gasteiger partial charge is 0.0342 e. The Kier molecular flexibility index (Phi) is 3.83. The maximum atomic E-state index is 5.78. The SMILES string of the molecule is CCc1ccc(NC2CCCC2CN)cc1. The van der Waals surface area contributed by atoms with E-state index < -0.39 is 0 Å². The van der Waals surface area contributed by atoms with E-state index in [1.165, 1.54) is 30.5 Å². The lowest BCUT2D eigenvalue weighted by atomic mass is 10.0. The third-order valence-electron chi connectivity index (χ3n) is 3.68. The Bertz CT molecular complexity index is 318. The average molecular weight is 218 g/mol. The zero-order chi connectivity index (χ0) is 11.4. The first-order valence-corrected chi connectivity index (χ1v) is 6.39. The van der Waals surface area contributed by atoms with Crippen molar-refractivity contribution >= 4 is 5.69 Å². The van der Waals surface area contributed by atoms with Gasteiger partial charge in [-0.25, -0.2) is 0 Å². The molecule has 0 aromatic heterocycles. The highest BCUT2D eigenvalue weighted by molar-refractivity contribution is 5.45. The van der Waals surface area contributed by atoms with Crippen LogP contribution in [0, 0.1) is 5.92 Å². The summed E-state index contributed by atoms with van der Waals surface area (Å²) in [5.41, 5.74) is 8.42. The monoisotopic (exact) mass is 218 g/mol. The maximum absolute atomic E-state index is 5.78. The molecule has 0 radical (unpaired) electrons. The number of anilines is 1. The van der Waals surface area contributed by atoms with Gasteiger partial charge in [0.15, 0.2) is 0 Å². The van der Waals surface area contributed by atoms with E-state index in [9.17, 15) is 0 Å². The van der Waals surface area contributed by atoms with Crippen molar-refractivity contribution in [1.82, 2.24) is 0 Å². The number of benzene rings is 1. The van der Waals surface area contributed by atoms with Crippen molar-refractivity contribution in [3.8, 4) is 0 Å². The molecule has 2 nitrogen and oxygen atoms in total. The van der Waals surface area contributed by atoms with Gasteiger partial charge in [-0.15, -0.1) is 0 Å². The van der Waals surface area contributed by atoms with E-state index in [0.29, 0.717) is 12.0 Å². The molecule has 1 aromatic rings. The number of aryl methyl sites for hydroxylation is 1. The molecule has 16 heavy (non-hydrogen) atoms. The molecular weight excluding hydrogens is 196 g/mol. The predicted molar refractivity (Wildman–Crippen MR) is 69.6 cm³/mol. The summed E-state index contributed by atoms with van der Waals surface area (Å²) in [6.45, 7) is 2.99. The third-order valence-corrected chi connectivity index (χ3v) is 3.68. The molecule has 0 aliphatic heterocycles. The molecule has 2 heteroatoms. The van der Waals surface area contributed by atoms with Gasteiger partial charge in [0.2, 0.25) is 0 Å². The molecule has 88 valence electrons. The van der Waals surface area contributed by atoms with Gasteiger partial charge in [0.25, 0.3) is 0 Å². The predicted octanol–water partition coefficient (Wildman–Crippen LogP) is 2.79. The van der Waals surface area contributed by atoms with Crippen LogP contribution in [0.25, 0.3) is 0 Å². The highest BCUT2D eigenvalue weighted by atomic mass is 14.9. The van der Waals surface area contributed by atoms with Crippen molar-refractivity contribution in [2.24, 2.45) is 11.7 Å². The van der Waals surface area contributed by atoms with Gasteiger partial charge in [-0.1, -0.05) is 25.5 Å². The largest absolute Gasteiger partial charge is 0.382 e. The second-order valence-corrected chi connectivity index (χ2v) is 4.73. The second kappa shape index (κ2) is 5.35. The van der Waals surface area contributed by atoms with Gasteiger partial charge in [-0.2, -0.15) is 0 Å². The summed E-state index contributed by atoms with van der Waals surface area (Å²) in [5.74, 6) is 0.658. The van der Waals surface area contributed by atoms with Crippen LogP contribution in [0.3, 0.4) is 0 Å². The molecule has 1 aliphatic rings. The summed E-state index contributed by atoms with van der Waals surface area (Å²) in [4.78, 5) is 0. The molecule has 2 rings (SSSR count). The van der Waals surface area contributed by atoms with E-state index in [4.69, 9.17) is 5.73 Å². The highest BCUT2D eigenvalue weighted by Gasteiger charge is 2.25. The number of nitrogens with one attached hydrogen (secondary N) is 1. The topological polar surface area (TPSA) is 38.0 Å². The molecule has 3 N–H and O–H groups in total. The summed E-state index contributed by atoms with van der Waals surface area (Å²) < 4.78 is 0. The van der Waals surface area contributed by atoms with Crippen molar-refractivity contribution in [3.63, 3.8) is 0 Å². The fourth-order valence-corrected chi connectivity index (χ4v) is 2.56. The van der Waals surface area contributed by atoms with Gasteiger partial charge in [-0.05, 0) is 49.4 Å². The Morgan fingerprint density at radius 1 is 1.25 bits per heavy atom. The maximum Gasteiger partial charge on any atom is 0.0342 e.